The minimum absolute atomic E-state index is 0.00699. The van der Waals surface area contributed by atoms with Gasteiger partial charge >= 0.3 is 5.63 Å². The van der Waals surface area contributed by atoms with Crippen LogP contribution in [0.5, 0.6) is 0 Å². The monoisotopic (exact) mass is 330 g/mol. The highest BCUT2D eigenvalue weighted by atomic mass is 16.4. The van der Waals surface area contributed by atoms with Gasteiger partial charge < -0.3 is 9.73 Å². The molecule has 0 atom stereocenters. The van der Waals surface area contributed by atoms with E-state index in [-0.39, 0.29) is 12.1 Å². The maximum absolute atomic E-state index is 12.4. The Bertz CT molecular complexity index is 1150. The zero-order chi connectivity index (χ0) is 17.2. The molecular weight excluding hydrogens is 316 g/mol. The molecule has 2 aromatic carbocycles. The first-order valence-corrected chi connectivity index (χ1v) is 7.85. The molecule has 0 spiro atoms. The molecule has 1 amide bonds. The summed E-state index contributed by atoms with van der Waals surface area (Å²) < 4.78 is 5.19. The standard InChI is InChI=1S/C20H14N2O3/c23-19(16-10-15-6-2-4-8-18(15)25-20(16)24)22-12-13-9-14-5-1-3-7-17(14)21-11-13/h1-11H,12H2,(H,22,23). The quantitative estimate of drug-likeness (QED) is 0.585. The molecule has 0 aliphatic rings. The number of carbonyl (C=O) groups excluding carboxylic acids is 1. The second-order valence-electron chi connectivity index (χ2n) is 5.70. The largest absolute Gasteiger partial charge is 0.422 e. The van der Waals surface area contributed by atoms with E-state index in [0.29, 0.717) is 11.0 Å². The van der Waals surface area contributed by atoms with Gasteiger partial charge in [-0.15, -0.1) is 0 Å². The smallest absolute Gasteiger partial charge is 0.349 e. The number of carbonyl (C=O) groups is 1. The van der Waals surface area contributed by atoms with E-state index >= 15 is 0 Å². The Kier molecular flexibility index (Phi) is 3.74. The fourth-order valence-electron chi connectivity index (χ4n) is 2.71. The number of rotatable bonds is 3. The van der Waals surface area contributed by atoms with Crippen molar-refractivity contribution in [2.45, 2.75) is 6.54 Å². The molecule has 5 nitrogen and oxygen atoms in total. The highest BCUT2D eigenvalue weighted by Gasteiger charge is 2.13. The van der Waals surface area contributed by atoms with Crippen molar-refractivity contribution >= 4 is 27.8 Å². The van der Waals surface area contributed by atoms with Gasteiger partial charge in [0.05, 0.1) is 5.52 Å². The third kappa shape index (κ3) is 2.99. The first-order valence-electron chi connectivity index (χ1n) is 7.85. The van der Waals surface area contributed by atoms with Crippen molar-refractivity contribution in [3.05, 3.63) is 88.4 Å². The number of fused-ring (bicyclic) bond motifs is 2. The second-order valence-corrected chi connectivity index (χ2v) is 5.70. The number of pyridine rings is 1. The topological polar surface area (TPSA) is 72.2 Å². The SMILES string of the molecule is O=C(NCc1cnc2ccccc2c1)c1cc2ccccc2oc1=O. The van der Waals surface area contributed by atoms with Gasteiger partial charge in [-0.3, -0.25) is 9.78 Å². The fraction of sp³-hybridized carbons (Fsp3) is 0.0500. The van der Waals surface area contributed by atoms with E-state index in [9.17, 15) is 9.59 Å². The predicted octanol–water partition coefficient (Wildman–Crippen LogP) is 3.27. The molecule has 0 bridgehead atoms. The van der Waals surface area contributed by atoms with Crippen molar-refractivity contribution in [2.24, 2.45) is 0 Å². The van der Waals surface area contributed by atoms with Crippen LogP contribution in [0.4, 0.5) is 0 Å². The molecule has 4 rings (SSSR count). The molecule has 5 heteroatoms. The number of hydrogen-bond donors (Lipinski definition) is 1. The first kappa shape index (κ1) is 15.1. The highest BCUT2D eigenvalue weighted by Crippen LogP contribution is 2.14. The van der Waals surface area contributed by atoms with E-state index < -0.39 is 11.5 Å². The van der Waals surface area contributed by atoms with Crippen molar-refractivity contribution in [1.82, 2.24) is 10.3 Å². The summed E-state index contributed by atoms with van der Waals surface area (Å²) in [5.74, 6) is -0.465. The lowest BCUT2D eigenvalue weighted by molar-refractivity contribution is 0.0947. The van der Waals surface area contributed by atoms with E-state index in [1.165, 1.54) is 0 Å². The summed E-state index contributed by atoms with van der Waals surface area (Å²) in [7, 11) is 0. The van der Waals surface area contributed by atoms with Crippen LogP contribution in [0.25, 0.3) is 21.9 Å². The minimum Gasteiger partial charge on any atom is -0.422 e. The average molecular weight is 330 g/mol. The number of amides is 1. The zero-order valence-corrected chi connectivity index (χ0v) is 13.2. The molecule has 4 aromatic rings. The van der Waals surface area contributed by atoms with Gasteiger partial charge in [-0.1, -0.05) is 36.4 Å². The number of para-hydroxylation sites is 2. The molecular formula is C20H14N2O3. The van der Waals surface area contributed by atoms with Crippen molar-refractivity contribution in [3.8, 4) is 0 Å². The van der Waals surface area contributed by atoms with Gasteiger partial charge in [0, 0.05) is 23.5 Å². The average Bonchev–Trinajstić information content (AvgIpc) is 2.65. The van der Waals surface area contributed by atoms with E-state index in [1.54, 1.807) is 30.5 Å². The van der Waals surface area contributed by atoms with Crippen molar-refractivity contribution in [2.75, 3.05) is 0 Å². The third-order valence-electron chi connectivity index (χ3n) is 3.99. The number of nitrogens with zero attached hydrogens (tertiary/aromatic N) is 1. The lowest BCUT2D eigenvalue weighted by Gasteiger charge is -2.06. The van der Waals surface area contributed by atoms with Gasteiger partial charge in [0.15, 0.2) is 0 Å². The summed E-state index contributed by atoms with van der Waals surface area (Å²) in [6.07, 6.45) is 1.71. The van der Waals surface area contributed by atoms with Crippen LogP contribution in [-0.4, -0.2) is 10.9 Å². The number of nitrogens with one attached hydrogen (secondary N) is 1. The Morgan fingerprint density at radius 1 is 1.00 bits per heavy atom. The second kappa shape index (κ2) is 6.20. The van der Waals surface area contributed by atoms with Crippen LogP contribution in [0.3, 0.4) is 0 Å². The van der Waals surface area contributed by atoms with Gasteiger partial charge in [0.2, 0.25) is 0 Å². The normalized spacial score (nSPS) is 10.9. The van der Waals surface area contributed by atoms with E-state index in [1.807, 2.05) is 36.4 Å². The van der Waals surface area contributed by atoms with E-state index in [0.717, 1.165) is 16.5 Å². The number of aromatic nitrogens is 1. The molecule has 0 saturated carbocycles. The number of benzene rings is 2. The Morgan fingerprint density at radius 3 is 2.64 bits per heavy atom. The maximum atomic E-state index is 12.4. The highest BCUT2D eigenvalue weighted by molar-refractivity contribution is 5.96. The van der Waals surface area contributed by atoms with Crippen molar-refractivity contribution in [1.29, 1.82) is 0 Å². The Labute approximate surface area is 142 Å². The van der Waals surface area contributed by atoms with Crippen LogP contribution in [0.15, 0.2) is 76.1 Å². The molecule has 0 aliphatic carbocycles. The zero-order valence-electron chi connectivity index (χ0n) is 13.2. The predicted molar refractivity (Wildman–Crippen MR) is 95.4 cm³/mol. The van der Waals surface area contributed by atoms with Crippen LogP contribution in [0, 0.1) is 0 Å². The Morgan fingerprint density at radius 2 is 1.76 bits per heavy atom. The van der Waals surface area contributed by atoms with Crippen molar-refractivity contribution in [3.63, 3.8) is 0 Å². The first-order chi connectivity index (χ1) is 12.2. The molecule has 0 saturated heterocycles. The number of hydrogen-bond acceptors (Lipinski definition) is 4. The molecule has 2 heterocycles. The third-order valence-corrected chi connectivity index (χ3v) is 3.99. The lowest BCUT2D eigenvalue weighted by atomic mass is 10.1. The Balaban J connectivity index is 1.57. The molecule has 2 aromatic heterocycles. The van der Waals surface area contributed by atoms with Crippen LogP contribution < -0.4 is 10.9 Å². The van der Waals surface area contributed by atoms with E-state index in [2.05, 4.69) is 10.3 Å². The van der Waals surface area contributed by atoms with Gasteiger partial charge in [-0.2, -0.15) is 0 Å². The van der Waals surface area contributed by atoms with Gasteiger partial charge in [0.1, 0.15) is 11.1 Å². The summed E-state index contributed by atoms with van der Waals surface area (Å²) in [4.78, 5) is 28.7. The van der Waals surface area contributed by atoms with Gasteiger partial charge in [-0.25, -0.2) is 4.79 Å². The van der Waals surface area contributed by atoms with Crippen LogP contribution in [0.2, 0.25) is 0 Å². The maximum Gasteiger partial charge on any atom is 0.349 e. The minimum atomic E-state index is -0.646. The van der Waals surface area contributed by atoms with E-state index in [4.69, 9.17) is 4.42 Å². The molecule has 122 valence electrons. The van der Waals surface area contributed by atoms with Crippen LogP contribution >= 0.6 is 0 Å². The molecule has 25 heavy (non-hydrogen) atoms. The van der Waals surface area contributed by atoms with Crippen molar-refractivity contribution < 1.29 is 9.21 Å². The Hall–Kier alpha value is -3.47. The molecule has 0 aliphatic heterocycles. The van der Waals surface area contributed by atoms with Gasteiger partial charge in [-0.05, 0) is 29.8 Å². The fourth-order valence-corrected chi connectivity index (χ4v) is 2.71. The molecule has 0 fully saturated rings. The van der Waals surface area contributed by atoms with Gasteiger partial charge in [0.25, 0.3) is 5.91 Å². The summed E-state index contributed by atoms with van der Waals surface area (Å²) in [5, 5.41) is 4.45. The lowest BCUT2D eigenvalue weighted by Crippen LogP contribution is -2.27. The summed E-state index contributed by atoms with van der Waals surface area (Å²) in [6.45, 7) is 0.281. The molecule has 0 radical (unpaired) electrons. The summed E-state index contributed by atoms with van der Waals surface area (Å²) in [6, 6.07) is 18.4. The van der Waals surface area contributed by atoms with Crippen LogP contribution in [0.1, 0.15) is 15.9 Å². The molecule has 0 unspecified atom stereocenters. The molecule has 1 N–H and O–H groups in total. The summed E-state index contributed by atoms with van der Waals surface area (Å²) >= 11 is 0. The van der Waals surface area contributed by atoms with Crippen LogP contribution in [-0.2, 0) is 6.54 Å². The summed E-state index contributed by atoms with van der Waals surface area (Å²) in [5.41, 5.74) is 1.56.